The van der Waals surface area contributed by atoms with Gasteiger partial charge in [0.05, 0.1) is 5.56 Å². The van der Waals surface area contributed by atoms with Crippen molar-refractivity contribution in [1.82, 2.24) is 0 Å². The third kappa shape index (κ3) is 4.41. The Morgan fingerprint density at radius 2 is 1.56 bits per heavy atom. The molecule has 0 amide bonds. The molecule has 27 heavy (non-hydrogen) atoms. The third-order valence-electron chi connectivity index (χ3n) is 4.53. The smallest absolute Gasteiger partial charge is 0.166 e. The number of benzene rings is 3. The van der Waals surface area contributed by atoms with Gasteiger partial charge in [0, 0.05) is 5.39 Å². The molecule has 3 rings (SSSR count). The van der Waals surface area contributed by atoms with E-state index in [1.54, 1.807) is 0 Å². The largest absolute Gasteiger partial charge is 0.489 e. The summed E-state index contributed by atoms with van der Waals surface area (Å²) >= 11 is 0. The SMILES string of the molecule is CCCCCc1cc(F)c(COc2ccc3c(F)c(F)ccc3c2)c(F)c1. The number of halogens is 4. The van der Waals surface area contributed by atoms with E-state index in [9.17, 15) is 17.6 Å². The molecule has 0 atom stereocenters. The first-order valence-corrected chi connectivity index (χ1v) is 8.97. The minimum absolute atomic E-state index is 0.121. The molecule has 0 fully saturated rings. The molecule has 0 bridgehead atoms. The molecule has 0 saturated carbocycles. The monoisotopic (exact) mass is 376 g/mol. The molecule has 0 aliphatic heterocycles. The molecule has 0 heterocycles. The molecule has 0 spiro atoms. The van der Waals surface area contributed by atoms with Crippen LogP contribution in [0.2, 0.25) is 0 Å². The molecule has 3 aromatic carbocycles. The lowest BCUT2D eigenvalue weighted by Gasteiger charge is -2.11. The summed E-state index contributed by atoms with van der Waals surface area (Å²) in [7, 11) is 0. The van der Waals surface area contributed by atoms with Crippen molar-refractivity contribution in [3.63, 3.8) is 0 Å². The van der Waals surface area contributed by atoms with Crippen molar-refractivity contribution in [3.8, 4) is 5.75 Å². The average Bonchev–Trinajstić information content (AvgIpc) is 2.64. The first-order valence-electron chi connectivity index (χ1n) is 8.97. The van der Waals surface area contributed by atoms with Crippen molar-refractivity contribution in [3.05, 3.63) is 76.9 Å². The van der Waals surface area contributed by atoms with Crippen molar-refractivity contribution in [1.29, 1.82) is 0 Å². The summed E-state index contributed by atoms with van der Waals surface area (Å²) in [6.45, 7) is 1.78. The zero-order chi connectivity index (χ0) is 19.4. The van der Waals surface area contributed by atoms with Crippen molar-refractivity contribution < 1.29 is 22.3 Å². The first kappa shape index (κ1) is 19.2. The van der Waals surface area contributed by atoms with Crippen LogP contribution in [0, 0.1) is 23.3 Å². The van der Waals surface area contributed by atoms with Gasteiger partial charge in [-0.15, -0.1) is 0 Å². The predicted molar refractivity (Wildman–Crippen MR) is 97.8 cm³/mol. The molecular formula is C22H20F4O. The van der Waals surface area contributed by atoms with Crippen LogP contribution in [0.25, 0.3) is 10.8 Å². The van der Waals surface area contributed by atoms with Gasteiger partial charge in [-0.05, 0) is 60.2 Å². The Morgan fingerprint density at radius 3 is 2.26 bits per heavy atom. The summed E-state index contributed by atoms with van der Waals surface area (Å²) in [5.74, 6) is -2.83. The van der Waals surface area contributed by atoms with Gasteiger partial charge >= 0.3 is 0 Å². The second-order valence-corrected chi connectivity index (χ2v) is 6.53. The average molecular weight is 376 g/mol. The van der Waals surface area contributed by atoms with Crippen LogP contribution >= 0.6 is 0 Å². The molecule has 0 unspecified atom stereocenters. The summed E-state index contributed by atoms with van der Waals surface area (Å²) in [6, 6.07) is 9.47. The zero-order valence-electron chi connectivity index (χ0n) is 15.0. The Morgan fingerprint density at radius 1 is 0.815 bits per heavy atom. The number of hydrogen-bond acceptors (Lipinski definition) is 1. The Labute approximate surface area is 155 Å². The van der Waals surface area contributed by atoms with Crippen LogP contribution < -0.4 is 4.74 Å². The fourth-order valence-electron chi connectivity index (χ4n) is 3.01. The van der Waals surface area contributed by atoms with Gasteiger partial charge in [-0.2, -0.15) is 0 Å². The Bertz CT molecular complexity index is 929. The van der Waals surface area contributed by atoms with E-state index in [2.05, 4.69) is 6.92 Å². The maximum atomic E-state index is 14.3. The summed E-state index contributed by atoms with van der Waals surface area (Å²) in [6.07, 6.45) is 3.58. The topological polar surface area (TPSA) is 9.23 Å². The second-order valence-electron chi connectivity index (χ2n) is 6.53. The van der Waals surface area contributed by atoms with Crippen molar-refractivity contribution in [2.75, 3.05) is 0 Å². The van der Waals surface area contributed by atoms with Gasteiger partial charge in [-0.3, -0.25) is 0 Å². The van der Waals surface area contributed by atoms with Gasteiger partial charge in [-0.25, -0.2) is 17.6 Å². The Kier molecular flexibility index (Phi) is 5.99. The van der Waals surface area contributed by atoms with Gasteiger partial charge in [0.15, 0.2) is 11.6 Å². The molecule has 142 valence electrons. The quantitative estimate of drug-likeness (QED) is 0.329. The van der Waals surface area contributed by atoms with Gasteiger partial charge < -0.3 is 4.74 Å². The predicted octanol–water partition coefficient (Wildman–Crippen LogP) is 6.71. The molecule has 0 aliphatic carbocycles. The van der Waals surface area contributed by atoms with Gasteiger partial charge in [0.25, 0.3) is 0 Å². The van der Waals surface area contributed by atoms with Crippen molar-refractivity contribution >= 4 is 10.8 Å². The molecule has 1 nitrogen and oxygen atoms in total. The number of hydrogen-bond donors (Lipinski definition) is 0. The third-order valence-corrected chi connectivity index (χ3v) is 4.53. The Balaban J connectivity index is 1.74. The summed E-state index contributed by atoms with van der Waals surface area (Å²) < 4.78 is 61.0. The lowest BCUT2D eigenvalue weighted by molar-refractivity contribution is 0.292. The van der Waals surface area contributed by atoms with Crippen molar-refractivity contribution in [2.45, 2.75) is 39.2 Å². The highest BCUT2D eigenvalue weighted by molar-refractivity contribution is 5.84. The molecule has 3 aromatic rings. The standard InChI is InChI=1S/C22H20F4O/c1-2-3-4-5-14-10-20(24)18(21(25)11-14)13-27-16-7-8-17-15(12-16)6-9-19(23)22(17)26/h6-12H,2-5,13H2,1H3. The van der Waals surface area contributed by atoms with E-state index in [-0.39, 0.29) is 17.6 Å². The van der Waals surface area contributed by atoms with Crippen LogP contribution in [0.4, 0.5) is 17.6 Å². The number of unbranched alkanes of at least 4 members (excludes halogenated alkanes) is 2. The zero-order valence-corrected chi connectivity index (χ0v) is 15.0. The fraction of sp³-hybridized carbons (Fsp3) is 0.273. The summed E-state index contributed by atoms with van der Waals surface area (Å²) in [4.78, 5) is 0. The van der Waals surface area contributed by atoms with Crippen LogP contribution in [0.5, 0.6) is 5.75 Å². The van der Waals surface area contributed by atoms with Crippen LogP contribution in [0.1, 0.15) is 37.3 Å². The first-order chi connectivity index (χ1) is 13.0. The number of fused-ring (bicyclic) bond motifs is 1. The fourth-order valence-corrected chi connectivity index (χ4v) is 3.01. The highest BCUT2D eigenvalue weighted by atomic mass is 19.2. The molecular weight excluding hydrogens is 356 g/mol. The highest BCUT2D eigenvalue weighted by Gasteiger charge is 2.13. The van der Waals surface area contributed by atoms with Crippen LogP contribution in [-0.2, 0) is 13.0 Å². The number of ether oxygens (including phenoxy) is 1. The minimum Gasteiger partial charge on any atom is -0.489 e. The van der Waals surface area contributed by atoms with Gasteiger partial charge in [0.1, 0.15) is 24.0 Å². The van der Waals surface area contributed by atoms with Crippen LogP contribution in [0.3, 0.4) is 0 Å². The highest BCUT2D eigenvalue weighted by Crippen LogP contribution is 2.26. The summed E-state index contributed by atoms with van der Waals surface area (Å²) in [5, 5.41) is 0.565. The molecule has 0 aromatic heterocycles. The second kappa shape index (κ2) is 8.42. The summed E-state index contributed by atoms with van der Waals surface area (Å²) in [5.41, 5.74) is 0.477. The van der Waals surface area contributed by atoms with Crippen molar-refractivity contribution in [2.24, 2.45) is 0 Å². The van der Waals surface area contributed by atoms with E-state index in [1.165, 1.54) is 36.4 Å². The van der Waals surface area contributed by atoms with Gasteiger partial charge in [-0.1, -0.05) is 25.8 Å². The Hall–Kier alpha value is -2.56. The molecule has 0 radical (unpaired) electrons. The van der Waals surface area contributed by atoms with Crippen LogP contribution in [0.15, 0.2) is 42.5 Å². The van der Waals surface area contributed by atoms with E-state index in [1.807, 2.05) is 0 Å². The maximum Gasteiger partial charge on any atom is 0.166 e. The molecule has 0 N–H and O–H groups in total. The van der Waals surface area contributed by atoms with E-state index in [0.717, 1.165) is 25.3 Å². The lowest BCUT2D eigenvalue weighted by atomic mass is 10.0. The molecule has 0 aliphatic rings. The minimum atomic E-state index is -0.935. The van der Waals surface area contributed by atoms with E-state index >= 15 is 0 Å². The van der Waals surface area contributed by atoms with E-state index in [4.69, 9.17) is 4.74 Å². The van der Waals surface area contributed by atoms with E-state index < -0.39 is 23.3 Å². The lowest BCUT2D eigenvalue weighted by Crippen LogP contribution is -2.04. The normalized spacial score (nSPS) is 11.1. The van der Waals surface area contributed by atoms with Crippen LogP contribution in [-0.4, -0.2) is 0 Å². The number of aryl methyl sites for hydroxylation is 1. The van der Waals surface area contributed by atoms with E-state index in [0.29, 0.717) is 23.1 Å². The van der Waals surface area contributed by atoms with Gasteiger partial charge in [0.2, 0.25) is 0 Å². The number of rotatable bonds is 7. The molecule has 5 heteroatoms. The molecule has 0 saturated heterocycles. The maximum absolute atomic E-state index is 14.3.